The average Bonchev–Trinajstić information content (AvgIpc) is 3.45. The van der Waals surface area contributed by atoms with Crippen LogP contribution in [0, 0.1) is 0 Å². The lowest BCUT2D eigenvalue weighted by Crippen LogP contribution is -2.39. The molecular weight excluding hydrogens is 523 g/mol. The lowest BCUT2D eigenvalue weighted by molar-refractivity contribution is 0.507. The molecule has 4 aromatic rings. The molecule has 0 spiro atoms. The van der Waals surface area contributed by atoms with Gasteiger partial charge in [0, 0.05) is 36.4 Å². The quantitative estimate of drug-likeness (QED) is 0.108. The largest absolute Gasteiger partial charge is 0.469 e. The van der Waals surface area contributed by atoms with Gasteiger partial charge in [0.05, 0.1) is 6.26 Å². The Hall–Kier alpha value is -2.53. The molecule has 4 rings (SSSR count). The van der Waals surface area contributed by atoms with E-state index in [2.05, 4.69) is 45.1 Å². The predicted molar refractivity (Wildman–Crippen MR) is 135 cm³/mol. The van der Waals surface area contributed by atoms with Crippen molar-refractivity contribution in [3.63, 3.8) is 0 Å². The molecule has 0 aliphatic carbocycles. The third-order valence-electron chi connectivity index (χ3n) is 4.41. The van der Waals surface area contributed by atoms with E-state index in [1.165, 1.54) is 4.90 Å². The van der Waals surface area contributed by atoms with E-state index in [0.717, 1.165) is 48.5 Å². The van der Waals surface area contributed by atoms with Crippen LogP contribution in [0.4, 0.5) is 0 Å². The summed E-state index contributed by atoms with van der Waals surface area (Å²) >= 11 is 1.82. The number of rotatable bonds is 9. The third-order valence-corrected chi connectivity index (χ3v) is 5.43. The van der Waals surface area contributed by atoms with Gasteiger partial charge in [-0.05, 0) is 36.4 Å². The SMILES string of the molecule is I.c1ccc(SCCNC(=NCc2nnc3ccccn23)NCCc2ccco2)cc1. The molecular formula is C22H25IN6OS. The normalized spacial score (nSPS) is 11.3. The maximum Gasteiger partial charge on any atom is 0.191 e. The van der Waals surface area contributed by atoms with Crippen LogP contribution in [0.5, 0.6) is 0 Å². The summed E-state index contributed by atoms with van der Waals surface area (Å²) in [6.45, 7) is 1.96. The minimum atomic E-state index is 0. The Morgan fingerprint density at radius 3 is 2.65 bits per heavy atom. The smallest absolute Gasteiger partial charge is 0.191 e. The van der Waals surface area contributed by atoms with E-state index < -0.39 is 0 Å². The molecule has 0 aliphatic heterocycles. The van der Waals surface area contributed by atoms with Gasteiger partial charge in [-0.3, -0.25) is 4.40 Å². The Bertz CT molecular complexity index is 1070. The fourth-order valence-corrected chi connectivity index (χ4v) is 3.73. The van der Waals surface area contributed by atoms with Gasteiger partial charge in [0.1, 0.15) is 12.3 Å². The molecule has 0 aliphatic rings. The number of pyridine rings is 1. The molecule has 0 radical (unpaired) electrons. The van der Waals surface area contributed by atoms with E-state index in [4.69, 9.17) is 9.41 Å². The Balaban J connectivity index is 0.00000272. The second kappa shape index (κ2) is 12.4. The number of furan rings is 1. The van der Waals surface area contributed by atoms with Crippen LogP contribution in [-0.4, -0.2) is 39.4 Å². The van der Waals surface area contributed by atoms with E-state index in [0.29, 0.717) is 6.54 Å². The number of aromatic nitrogens is 3. The van der Waals surface area contributed by atoms with Crippen LogP contribution in [0.15, 0.2) is 87.4 Å². The predicted octanol–water partition coefficient (Wildman–Crippen LogP) is 4.01. The van der Waals surface area contributed by atoms with Crippen LogP contribution in [0.25, 0.3) is 5.65 Å². The van der Waals surface area contributed by atoms with E-state index >= 15 is 0 Å². The monoisotopic (exact) mass is 548 g/mol. The molecule has 162 valence electrons. The minimum absolute atomic E-state index is 0. The summed E-state index contributed by atoms with van der Waals surface area (Å²) < 4.78 is 7.36. The van der Waals surface area contributed by atoms with Gasteiger partial charge in [0.2, 0.25) is 0 Å². The molecule has 0 saturated heterocycles. The highest BCUT2D eigenvalue weighted by Crippen LogP contribution is 2.15. The molecule has 3 heterocycles. The van der Waals surface area contributed by atoms with Gasteiger partial charge in [-0.25, -0.2) is 4.99 Å². The molecule has 0 atom stereocenters. The molecule has 0 bridgehead atoms. The van der Waals surface area contributed by atoms with E-state index in [9.17, 15) is 0 Å². The van der Waals surface area contributed by atoms with Crippen LogP contribution in [-0.2, 0) is 13.0 Å². The molecule has 7 nitrogen and oxygen atoms in total. The summed E-state index contributed by atoms with van der Waals surface area (Å²) in [4.78, 5) is 5.97. The number of fused-ring (bicyclic) bond motifs is 1. The molecule has 0 amide bonds. The van der Waals surface area contributed by atoms with Crippen LogP contribution in [0.2, 0.25) is 0 Å². The van der Waals surface area contributed by atoms with Gasteiger partial charge in [-0.2, -0.15) is 0 Å². The number of hydrogen-bond donors (Lipinski definition) is 2. The number of benzene rings is 1. The zero-order valence-corrected chi connectivity index (χ0v) is 20.1. The number of nitrogens with one attached hydrogen (secondary N) is 2. The van der Waals surface area contributed by atoms with Crippen LogP contribution < -0.4 is 10.6 Å². The van der Waals surface area contributed by atoms with Gasteiger partial charge in [-0.15, -0.1) is 45.9 Å². The average molecular weight is 548 g/mol. The van der Waals surface area contributed by atoms with Crippen molar-refractivity contribution in [2.45, 2.75) is 17.9 Å². The lowest BCUT2D eigenvalue weighted by atomic mass is 10.3. The molecule has 0 fully saturated rings. The van der Waals surface area contributed by atoms with Gasteiger partial charge < -0.3 is 15.1 Å². The molecule has 0 unspecified atom stereocenters. The zero-order valence-electron chi connectivity index (χ0n) is 17.0. The summed E-state index contributed by atoms with van der Waals surface area (Å²) in [6, 6.07) is 20.1. The first-order chi connectivity index (χ1) is 14.9. The highest BCUT2D eigenvalue weighted by Gasteiger charge is 2.05. The first-order valence-corrected chi connectivity index (χ1v) is 10.9. The van der Waals surface area contributed by atoms with Crippen LogP contribution in [0.3, 0.4) is 0 Å². The van der Waals surface area contributed by atoms with Crippen LogP contribution in [0.1, 0.15) is 11.6 Å². The van der Waals surface area contributed by atoms with Crippen molar-refractivity contribution in [1.29, 1.82) is 0 Å². The maximum absolute atomic E-state index is 5.40. The number of nitrogens with zero attached hydrogens (tertiary/aromatic N) is 4. The van der Waals surface area contributed by atoms with Gasteiger partial charge in [0.25, 0.3) is 0 Å². The molecule has 1 aromatic carbocycles. The Labute approximate surface area is 202 Å². The van der Waals surface area contributed by atoms with Crippen molar-refractivity contribution in [2.24, 2.45) is 4.99 Å². The molecule has 0 saturated carbocycles. The number of aliphatic imine (C=N–C) groups is 1. The van der Waals surface area contributed by atoms with E-state index in [1.807, 2.05) is 58.8 Å². The second-order valence-electron chi connectivity index (χ2n) is 6.55. The first kappa shape index (κ1) is 23.1. The topological polar surface area (TPSA) is 79.8 Å². The summed E-state index contributed by atoms with van der Waals surface area (Å²) in [5.41, 5.74) is 0.822. The number of halogens is 1. The lowest BCUT2D eigenvalue weighted by Gasteiger charge is -2.12. The van der Waals surface area contributed by atoms with Crippen molar-refractivity contribution < 1.29 is 4.42 Å². The zero-order chi connectivity index (χ0) is 20.4. The third kappa shape index (κ3) is 7.00. The standard InChI is InChI=1S/C22H24N6OS.HI/c1-2-8-19(9-3-1)30-16-13-24-22(23-12-11-18-7-6-15-29-18)25-17-21-27-26-20-10-4-5-14-28(20)21;/h1-10,14-15H,11-13,16-17H2,(H2,23,24,25);1H. The van der Waals surface area contributed by atoms with Crippen LogP contribution >= 0.6 is 35.7 Å². The molecule has 3 aromatic heterocycles. The fourth-order valence-electron chi connectivity index (χ4n) is 2.94. The molecule has 2 N–H and O–H groups in total. The summed E-state index contributed by atoms with van der Waals surface area (Å²) in [6.07, 6.45) is 4.44. The fraction of sp³-hybridized carbons (Fsp3) is 0.227. The number of guanidine groups is 1. The van der Waals surface area contributed by atoms with Crippen molar-refractivity contribution in [3.05, 3.63) is 84.7 Å². The van der Waals surface area contributed by atoms with Crippen molar-refractivity contribution >= 4 is 47.3 Å². The second-order valence-corrected chi connectivity index (χ2v) is 7.72. The van der Waals surface area contributed by atoms with Crippen molar-refractivity contribution in [3.8, 4) is 0 Å². The summed E-state index contributed by atoms with van der Waals surface area (Å²) in [5.74, 6) is 3.45. The maximum atomic E-state index is 5.40. The highest BCUT2D eigenvalue weighted by molar-refractivity contribution is 14.0. The summed E-state index contributed by atoms with van der Waals surface area (Å²) in [7, 11) is 0. The Morgan fingerprint density at radius 1 is 0.968 bits per heavy atom. The van der Waals surface area contributed by atoms with Gasteiger partial charge in [0.15, 0.2) is 17.4 Å². The minimum Gasteiger partial charge on any atom is -0.469 e. The first-order valence-electron chi connectivity index (χ1n) is 9.89. The molecule has 31 heavy (non-hydrogen) atoms. The van der Waals surface area contributed by atoms with Gasteiger partial charge >= 0.3 is 0 Å². The van der Waals surface area contributed by atoms with E-state index in [1.54, 1.807) is 6.26 Å². The highest BCUT2D eigenvalue weighted by atomic mass is 127. The number of hydrogen-bond acceptors (Lipinski definition) is 5. The van der Waals surface area contributed by atoms with E-state index in [-0.39, 0.29) is 24.0 Å². The summed E-state index contributed by atoms with van der Waals surface area (Å²) in [5, 5.41) is 15.2. The van der Waals surface area contributed by atoms with Crippen molar-refractivity contribution in [2.75, 3.05) is 18.8 Å². The van der Waals surface area contributed by atoms with Gasteiger partial charge in [-0.1, -0.05) is 24.3 Å². The molecule has 9 heteroatoms. The Kier molecular flexibility index (Phi) is 9.22. The van der Waals surface area contributed by atoms with Crippen molar-refractivity contribution in [1.82, 2.24) is 25.2 Å². The number of thioether (sulfide) groups is 1. The Morgan fingerprint density at radius 2 is 1.81 bits per heavy atom.